The smallest absolute Gasteiger partial charge is 0.254 e. The first kappa shape index (κ1) is 46.0. The molecule has 0 N–H and O–H groups in total. The predicted molar refractivity (Wildman–Crippen MR) is 282 cm³/mol. The molecule has 0 radical (unpaired) electrons. The Morgan fingerprint density at radius 3 is 1.07 bits per heavy atom. The van der Waals surface area contributed by atoms with E-state index in [1.54, 1.807) is 35.5 Å². The number of methoxy groups -OCH3 is 5. The first-order valence-electron chi connectivity index (χ1n) is 22.6. The predicted octanol–water partition coefficient (Wildman–Crippen LogP) is 17.0. The van der Waals surface area contributed by atoms with Gasteiger partial charge in [0.05, 0.1) is 46.2 Å². The maximum Gasteiger partial charge on any atom is 0.254 e. The number of hydrogen-bond acceptors (Lipinski definition) is 10. The average Bonchev–Trinajstić information content (AvgIpc) is 3.67. The summed E-state index contributed by atoms with van der Waals surface area (Å²) in [6.07, 6.45) is 0.849. The van der Waals surface area contributed by atoms with Gasteiger partial charge in [0.15, 0.2) is 0 Å². The van der Waals surface area contributed by atoms with E-state index < -0.39 is 16.0 Å². The van der Waals surface area contributed by atoms with Crippen molar-refractivity contribution in [3.8, 4) is 72.7 Å². The lowest BCUT2D eigenvalue weighted by molar-refractivity contribution is 0.112. The summed E-state index contributed by atoms with van der Waals surface area (Å²) in [6.45, 7) is 7.96. The van der Waals surface area contributed by atoms with E-state index in [2.05, 4.69) is 36.4 Å². The molecule has 0 aliphatic heterocycles. The maximum absolute atomic E-state index is 12.4. The van der Waals surface area contributed by atoms with Gasteiger partial charge in [0.25, 0.3) is 16.0 Å². The summed E-state index contributed by atoms with van der Waals surface area (Å²) < 4.78 is 60.1. The molecule has 70 heavy (non-hydrogen) atoms. The Labute approximate surface area is 407 Å². The largest absolute Gasteiger partial charge is 0.497 e. The van der Waals surface area contributed by atoms with Gasteiger partial charge in [0.1, 0.15) is 57.4 Å². The second-order valence-electron chi connectivity index (χ2n) is 17.0. The van der Waals surface area contributed by atoms with Gasteiger partial charge < -0.3 is 40.5 Å². The number of rotatable bonds is 11. The Hall–Kier alpha value is -7.77. The van der Waals surface area contributed by atoms with Gasteiger partial charge in [-0.15, -0.1) is 0 Å². The van der Waals surface area contributed by atoms with E-state index in [1.807, 2.05) is 125 Å². The molecule has 10 rings (SSSR count). The fraction of sp³-hybridized carbons (Fsp3) is 0.155. The lowest BCUT2D eigenvalue weighted by atomic mass is 9.94. The first-order chi connectivity index (χ1) is 34.1. The van der Waals surface area contributed by atoms with E-state index in [0.717, 1.165) is 72.3 Å². The molecule has 0 aliphatic rings. The summed E-state index contributed by atoms with van der Waals surface area (Å²) >= 11 is 0. The zero-order chi connectivity index (χ0) is 48.8. The van der Waals surface area contributed by atoms with Crippen LogP contribution in [-0.2, 0) is 0 Å². The highest BCUT2D eigenvalue weighted by Crippen LogP contribution is 2.62. The number of ether oxygens (including phenoxy) is 5. The molecule has 2 aromatic heterocycles. The normalized spacial score (nSPS) is 11.5. The molecule has 1 atom stereocenters. The van der Waals surface area contributed by atoms with Crippen molar-refractivity contribution in [1.29, 1.82) is 0 Å². The van der Waals surface area contributed by atoms with E-state index in [0.29, 0.717) is 78.5 Å². The number of fused-ring (bicyclic) bond motifs is 6. The summed E-state index contributed by atoms with van der Waals surface area (Å²) in [7, 11) is 4.05. The van der Waals surface area contributed by atoms with Crippen LogP contribution in [0, 0.1) is 27.7 Å². The van der Waals surface area contributed by atoms with Crippen LogP contribution < -0.4 is 23.7 Å². The van der Waals surface area contributed by atoms with Gasteiger partial charge in [-0.1, -0.05) is 60.7 Å². The fourth-order valence-corrected chi connectivity index (χ4v) is 13.0. The third-order valence-corrected chi connectivity index (χ3v) is 15.7. The molecule has 0 fully saturated rings. The van der Waals surface area contributed by atoms with Crippen LogP contribution in [0.5, 0.6) is 28.7 Å². The molecule has 0 saturated heterocycles. The van der Waals surface area contributed by atoms with Crippen LogP contribution in [0.3, 0.4) is 0 Å². The summed E-state index contributed by atoms with van der Waals surface area (Å²) in [5.74, 6) is 3.07. The van der Waals surface area contributed by atoms with E-state index >= 15 is 0 Å². The molecule has 0 amide bonds. The zero-order valence-corrected chi connectivity index (χ0v) is 42.0. The molecule has 8 aromatic carbocycles. The van der Waals surface area contributed by atoms with Crippen molar-refractivity contribution in [1.82, 2.24) is 0 Å². The zero-order valence-electron chi connectivity index (χ0n) is 40.3. The van der Waals surface area contributed by atoms with E-state index in [-0.39, 0.29) is 0 Å². The average molecular weight is 969 g/mol. The van der Waals surface area contributed by atoms with Crippen molar-refractivity contribution in [3.05, 3.63) is 161 Å². The van der Waals surface area contributed by atoms with Crippen LogP contribution in [-0.4, -0.2) is 41.8 Å². The van der Waals surface area contributed by atoms with Crippen LogP contribution in [0.1, 0.15) is 32.6 Å². The number of aryl methyl sites for hydroxylation is 4. The van der Waals surface area contributed by atoms with Crippen molar-refractivity contribution in [3.63, 3.8) is 0 Å². The van der Waals surface area contributed by atoms with Gasteiger partial charge >= 0.3 is 0 Å². The van der Waals surface area contributed by atoms with E-state index in [1.165, 1.54) is 0 Å². The Morgan fingerprint density at radius 2 is 0.743 bits per heavy atom. The summed E-state index contributed by atoms with van der Waals surface area (Å²) in [5, 5.41) is 4.49. The molecular formula is C58H50O10P2. The number of benzene rings is 8. The first-order valence-corrected chi connectivity index (χ1v) is 24.9. The molecule has 352 valence electrons. The van der Waals surface area contributed by atoms with Crippen LogP contribution in [0.25, 0.3) is 87.9 Å². The topological polar surface area (TPSA) is 116 Å². The minimum Gasteiger partial charge on any atom is -0.497 e. The fourth-order valence-electron chi connectivity index (χ4n) is 9.33. The van der Waals surface area contributed by atoms with Gasteiger partial charge in [-0.05, 0) is 134 Å². The maximum atomic E-state index is 12.4. The van der Waals surface area contributed by atoms with Crippen molar-refractivity contribution in [2.45, 2.75) is 27.7 Å². The SMILES string of the molecule is COc1cc(C)c2op(-c3c(-c4ccccc4)ccc(OC)c3-c3c(OC)ccc(-c4ccccc4)c3-p3oc4c(C)cc(OC)cc4c4cc(OC)cc(C)c4o3)oc3c(C)cc(C=O)cc3c2c1. The van der Waals surface area contributed by atoms with E-state index in [4.69, 9.17) is 40.5 Å². The van der Waals surface area contributed by atoms with Crippen LogP contribution >= 0.6 is 16.0 Å². The minimum absolute atomic E-state index is 0.507. The van der Waals surface area contributed by atoms with Gasteiger partial charge in [-0.3, -0.25) is 4.79 Å². The molecule has 0 aliphatic carbocycles. The summed E-state index contributed by atoms with van der Waals surface area (Å²) in [5.41, 5.74) is 11.1. The lowest BCUT2D eigenvalue weighted by Crippen LogP contribution is -1.97. The molecule has 0 bridgehead atoms. The number of carbonyl (C=O) groups excluding carboxylic acids is 1. The van der Waals surface area contributed by atoms with Crippen LogP contribution in [0.2, 0.25) is 0 Å². The molecule has 0 saturated carbocycles. The number of hydrogen-bond donors (Lipinski definition) is 0. The number of carbonyl (C=O) groups is 1. The summed E-state index contributed by atoms with van der Waals surface area (Å²) in [6, 6.07) is 43.9. The standard InChI is InChI=1S/C58H50O10P2/c1-33-24-37(32-59)28-45-46-29-40(60-5)25-34(2)54(46)66-69(65-53(33)45)57-43(38-16-12-10-13-17-38)20-22-49(63-8)51(57)52-50(64-9)23-21-44(39-18-14-11-15-19-39)58(52)70-67-55-35(3)26-41(61-6)30-47(55)48-31-42(62-7)27-36(4)56(48)68-70/h10-32H,1-9H3. The minimum atomic E-state index is -2.13. The third-order valence-electron chi connectivity index (χ3n) is 12.7. The third kappa shape index (κ3) is 8.03. The molecule has 2 heterocycles. The molecule has 10 aromatic rings. The Morgan fingerprint density at radius 1 is 0.400 bits per heavy atom. The molecule has 10 nitrogen and oxygen atoms in total. The van der Waals surface area contributed by atoms with Gasteiger partial charge in [-0.2, -0.15) is 0 Å². The van der Waals surface area contributed by atoms with E-state index in [9.17, 15) is 4.79 Å². The highest BCUT2D eigenvalue weighted by Gasteiger charge is 2.32. The van der Waals surface area contributed by atoms with Crippen LogP contribution in [0.4, 0.5) is 0 Å². The monoisotopic (exact) mass is 968 g/mol. The second-order valence-corrected chi connectivity index (χ2v) is 19.6. The van der Waals surface area contributed by atoms with Crippen molar-refractivity contribution in [2.24, 2.45) is 0 Å². The van der Waals surface area contributed by atoms with Crippen molar-refractivity contribution in [2.75, 3.05) is 35.5 Å². The van der Waals surface area contributed by atoms with Gasteiger partial charge in [0.2, 0.25) is 0 Å². The Kier molecular flexibility index (Phi) is 12.5. The van der Waals surface area contributed by atoms with Gasteiger partial charge in [0, 0.05) is 49.4 Å². The number of aldehydes is 1. The highest BCUT2D eigenvalue weighted by atomic mass is 31.1. The van der Waals surface area contributed by atoms with Crippen molar-refractivity contribution >= 4 is 66.2 Å². The Balaban J connectivity index is 1.46. The second kappa shape index (κ2) is 19.0. The van der Waals surface area contributed by atoms with Crippen LogP contribution in [0.15, 0.2) is 150 Å². The summed E-state index contributed by atoms with van der Waals surface area (Å²) in [4.78, 5) is 12.4. The molecule has 0 spiro atoms. The molecule has 1 unspecified atom stereocenters. The Bertz CT molecular complexity index is 3690. The highest BCUT2D eigenvalue weighted by molar-refractivity contribution is 7.47. The quantitative estimate of drug-likeness (QED) is 0.116. The lowest BCUT2D eigenvalue weighted by Gasteiger charge is -2.22. The molecule has 12 heteroatoms. The van der Waals surface area contributed by atoms with Crippen molar-refractivity contribution < 1.29 is 45.3 Å². The van der Waals surface area contributed by atoms with Gasteiger partial charge in [-0.25, -0.2) is 0 Å². The molecular weight excluding hydrogens is 919 g/mol.